The Balaban J connectivity index is 3.23. The van der Waals surface area contributed by atoms with Crippen LogP contribution >= 0.6 is 11.6 Å². The summed E-state index contributed by atoms with van der Waals surface area (Å²) in [6.45, 7) is 3.52. The van der Waals surface area contributed by atoms with Crippen LogP contribution < -0.4 is 4.31 Å². The summed E-state index contributed by atoms with van der Waals surface area (Å²) in [5, 5.41) is 0.0294. The molecule has 0 aliphatic rings. The van der Waals surface area contributed by atoms with Crippen LogP contribution in [0.5, 0.6) is 0 Å². The van der Waals surface area contributed by atoms with Gasteiger partial charge in [-0.05, 0) is 25.4 Å². The van der Waals surface area contributed by atoms with Gasteiger partial charge in [0, 0.05) is 18.3 Å². The van der Waals surface area contributed by atoms with Gasteiger partial charge in [-0.1, -0.05) is 0 Å². The molecule has 15 heavy (non-hydrogen) atoms. The molecular weight excluding hydrogens is 238 g/mol. The molecular formula is C8H12ClN3O2S. The van der Waals surface area contributed by atoms with E-state index in [0.29, 0.717) is 0 Å². The molecule has 0 aliphatic carbocycles. The lowest BCUT2D eigenvalue weighted by molar-refractivity contribution is 0.589. The maximum Gasteiger partial charge on any atom is 0.233 e. The van der Waals surface area contributed by atoms with E-state index in [2.05, 4.69) is 9.97 Å². The van der Waals surface area contributed by atoms with Crippen molar-refractivity contribution in [1.82, 2.24) is 9.97 Å². The predicted octanol–water partition coefficient (Wildman–Crippen LogP) is 1.30. The fraction of sp³-hybridized carbons (Fsp3) is 0.500. The molecule has 0 radical (unpaired) electrons. The number of nitrogens with zero attached hydrogens (tertiary/aromatic N) is 3. The Morgan fingerprint density at radius 3 is 2.47 bits per heavy atom. The first-order valence-corrected chi connectivity index (χ1v) is 6.53. The van der Waals surface area contributed by atoms with Crippen molar-refractivity contribution in [2.75, 3.05) is 10.6 Å². The van der Waals surface area contributed by atoms with Crippen LogP contribution in [0, 0.1) is 0 Å². The van der Waals surface area contributed by atoms with Crippen LogP contribution in [0.2, 0.25) is 5.28 Å². The minimum absolute atomic E-state index is 0.0294. The Hall–Kier alpha value is -0.880. The first-order chi connectivity index (χ1) is 6.82. The van der Waals surface area contributed by atoms with Gasteiger partial charge in [-0.25, -0.2) is 13.4 Å². The van der Waals surface area contributed by atoms with E-state index in [-0.39, 0.29) is 17.1 Å². The van der Waals surface area contributed by atoms with Gasteiger partial charge in [0.2, 0.25) is 15.3 Å². The van der Waals surface area contributed by atoms with Crippen molar-refractivity contribution in [3.05, 3.63) is 17.5 Å². The third kappa shape index (κ3) is 3.04. The van der Waals surface area contributed by atoms with Crippen LogP contribution in [0.3, 0.4) is 0 Å². The van der Waals surface area contributed by atoms with Gasteiger partial charge in [-0.3, -0.25) is 4.31 Å². The average molecular weight is 250 g/mol. The molecule has 0 unspecified atom stereocenters. The monoisotopic (exact) mass is 249 g/mol. The van der Waals surface area contributed by atoms with Gasteiger partial charge in [-0.2, -0.15) is 4.98 Å². The Morgan fingerprint density at radius 1 is 1.47 bits per heavy atom. The van der Waals surface area contributed by atoms with Crippen molar-refractivity contribution in [3.8, 4) is 0 Å². The molecule has 0 bridgehead atoms. The number of hydrogen-bond acceptors (Lipinski definition) is 4. The SMILES string of the molecule is CC(C)N(c1ccnc(Cl)n1)S(C)(=O)=O. The average Bonchev–Trinajstić information content (AvgIpc) is 1.99. The molecule has 1 rings (SSSR count). The highest BCUT2D eigenvalue weighted by atomic mass is 35.5. The van der Waals surface area contributed by atoms with Crippen LogP contribution in [0.4, 0.5) is 5.82 Å². The summed E-state index contributed by atoms with van der Waals surface area (Å²) in [4.78, 5) is 7.56. The van der Waals surface area contributed by atoms with E-state index in [4.69, 9.17) is 11.6 Å². The van der Waals surface area contributed by atoms with Gasteiger partial charge in [0.25, 0.3) is 0 Å². The summed E-state index contributed by atoms with van der Waals surface area (Å²) in [5.41, 5.74) is 0. The lowest BCUT2D eigenvalue weighted by Gasteiger charge is -2.24. The first-order valence-electron chi connectivity index (χ1n) is 4.30. The number of hydrogen-bond donors (Lipinski definition) is 0. The Kier molecular flexibility index (Phi) is 3.51. The standard InChI is InChI=1S/C8H12ClN3O2S/c1-6(2)12(15(3,13)14)7-4-5-10-8(9)11-7/h4-6H,1-3H3. The highest BCUT2D eigenvalue weighted by Crippen LogP contribution is 2.18. The van der Waals surface area contributed by atoms with Gasteiger partial charge >= 0.3 is 0 Å². The fourth-order valence-electron chi connectivity index (χ4n) is 1.27. The van der Waals surface area contributed by atoms with Crippen LogP contribution in [0.1, 0.15) is 13.8 Å². The largest absolute Gasteiger partial charge is 0.251 e. The minimum Gasteiger partial charge on any atom is -0.251 e. The van der Waals surface area contributed by atoms with Crippen molar-refractivity contribution < 1.29 is 8.42 Å². The third-order valence-electron chi connectivity index (χ3n) is 1.66. The van der Waals surface area contributed by atoms with E-state index in [1.807, 2.05) is 0 Å². The van der Waals surface area contributed by atoms with Gasteiger partial charge in [0.1, 0.15) is 5.82 Å². The van der Waals surface area contributed by atoms with Crippen molar-refractivity contribution in [3.63, 3.8) is 0 Å². The van der Waals surface area contributed by atoms with Crippen molar-refractivity contribution in [1.29, 1.82) is 0 Å². The summed E-state index contributed by atoms with van der Waals surface area (Å²) >= 11 is 5.60. The summed E-state index contributed by atoms with van der Waals surface area (Å²) < 4.78 is 24.2. The van der Waals surface area contributed by atoms with E-state index >= 15 is 0 Å². The lowest BCUT2D eigenvalue weighted by Crippen LogP contribution is -2.36. The quantitative estimate of drug-likeness (QED) is 0.758. The Bertz CT molecular complexity index is 447. The topological polar surface area (TPSA) is 63.2 Å². The summed E-state index contributed by atoms with van der Waals surface area (Å²) in [6.07, 6.45) is 2.55. The molecule has 1 aromatic heterocycles. The van der Waals surface area contributed by atoms with Crippen LogP contribution in [0.25, 0.3) is 0 Å². The molecule has 0 amide bonds. The van der Waals surface area contributed by atoms with Gasteiger partial charge in [-0.15, -0.1) is 0 Å². The second kappa shape index (κ2) is 4.32. The molecule has 5 nitrogen and oxygen atoms in total. The minimum atomic E-state index is -3.35. The maximum atomic E-state index is 11.5. The molecule has 0 atom stereocenters. The zero-order valence-electron chi connectivity index (χ0n) is 8.68. The molecule has 0 aromatic carbocycles. The molecule has 0 saturated heterocycles. The summed E-state index contributed by atoms with van der Waals surface area (Å²) in [6, 6.07) is 1.29. The van der Waals surface area contributed by atoms with Gasteiger partial charge in [0.05, 0.1) is 6.26 Å². The zero-order valence-corrected chi connectivity index (χ0v) is 10.2. The van der Waals surface area contributed by atoms with Crippen molar-refractivity contribution >= 4 is 27.4 Å². The number of rotatable bonds is 3. The summed E-state index contributed by atoms with van der Waals surface area (Å²) in [5.74, 6) is 0.285. The molecule has 0 N–H and O–H groups in total. The lowest BCUT2D eigenvalue weighted by atomic mass is 10.4. The van der Waals surface area contributed by atoms with Crippen LogP contribution in [0.15, 0.2) is 12.3 Å². The normalized spacial score (nSPS) is 11.8. The number of sulfonamides is 1. The molecule has 1 aromatic rings. The number of aromatic nitrogens is 2. The van der Waals surface area contributed by atoms with E-state index < -0.39 is 10.0 Å². The number of anilines is 1. The molecule has 0 fully saturated rings. The molecule has 0 aliphatic heterocycles. The first kappa shape index (κ1) is 12.2. The molecule has 7 heteroatoms. The van der Waals surface area contributed by atoms with Crippen LogP contribution in [-0.4, -0.2) is 30.7 Å². The van der Waals surface area contributed by atoms with Gasteiger partial charge in [0.15, 0.2) is 0 Å². The summed E-state index contributed by atoms with van der Waals surface area (Å²) in [7, 11) is -3.35. The fourth-order valence-corrected chi connectivity index (χ4v) is 2.62. The Labute approximate surface area is 94.2 Å². The van der Waals surface area contributed by atoms with E-state index in [9.17, 15) is 8.42 Å². The predicted molar refractivity (Wildman–Crippen MR) is 59.5 cm³/mol. The van der Waals surface area contributed by atoms with Crippen LogP contribution in [-0.2, 0) is 10.0 Å². The highest BCUT2D eigenvalue weighted by molar-refractivity contribution is 7.92. The molecule has 0 saturated carbocycles. The molecule has 84 valence electrons. The Morgan fingerprint density at radius 2 is 2.07 bits per heavy atom. The second-order valence-corrected chi connectivity index (χ2v) is 5.53. The van der Waals surface area contributed by atoms with E-state index in [1.165, 1.54) is 16.6 Å². The maximum absolute atomic E-state index is 11.5. The molecule has 0 spiro atoms. The van der Waals surface area contributed by atoms with Crippen molar-refractivity contribution in [2.45, 2.75) is 19.9 Å². The highest BCUT2D eigenvalue weighted by Gasteiger charge is 2.22. The van der Waals surface area contributed by atoms with Gasteiger partial charge < -0.3 is 0 Å². The zero-order chi connectivity index (χ0) is 11.6. The van der Waals surface area contributed by atoms with E-state index in [1.54, 1.807) is 13.8 Å². The third-order valence-corrected chi connectivity index (χ3v) is 3.17. The van der Waals surface area contributed by atoms with E-state index in [0.717, 1.165) is 6.26 Å². The molecule has 1 heterocycles. The van der Waals surface area contributed by atoms with Crippen molar-refractivity contribution in [2.24, 2.45) is 0 Å². The smallest absolute Gasteiger partial charge is 0.233 e. The second-order valence-electron chi connectivity index (χ2n) is 3.34. The number of halogens is 1.